The van der Waals surface area contributed by atoms with Gasteiger partial charge in [0.25, 0.3) is 5.91 Å². The highest BCUT2D eigenvalue weighted by Gasteiger charge is 2.30. The van der Waals surface area contributed by atoms with Gasteiger partial charge in [-0.1, -0.05) is 30.3 Å². The molecule has 2 heterocycles. The van der Waals surface area contributed by atoms with Crippen molar-refractivity contribution in [2.75, 3.05) is 11.9 Å². The van der Waals surface area contributed by atoms with Gasteiger partial charge in [-0.05, 0) is 18.2 Å². The number of anilines is 1. The molecule has 1 aromatic heterocycles. The maximum atomic E-state index is 12.4. The molecule has 0 unspecified atom stereocenters. The van der Waals surface area contributed by atoms with Gasteiger partial charge in [-0.15, -0.1) is 5.10 Å². The number of para-hydroxylation sites is 2. The van der Waals surface area contributed by atoms with Crippen LogP contribution in [0.3, 0.4) is 0 Å². The molecule has 0 saturated heterocycles. The third kappa shape index (κ3) is 2.44. The van der Waals surface area contributed by atoms with E-state index in [4.69, 9.17) is 4.42 Å². The van der Waals surface area contributed by atoms with E-state index in [9.17, 15) is 9.59 Å². The number of carbonyl (C=O) groups is 1. The van der Waals surface area contributed by atoms with Gasteiger partial charge in [0.05, 0.1) is 22.9 Å². The number of benzene rings is 2. The van der Waals surface area contributed by atoms with Crippen molar-refractivity contribution in [2.45, 2.75) is 0 Å². The molecule has 122 valence electrons. The van der Waals surface area contributed by atoms with Crippen LogP contribution in [0.25, 0.3) is 11.0 Å². The first-order valence-electron chi connectivity index (χ1n) is 7.66. The third-order valence-electron chi connectivity index (χ3n) is 4.09. The van der Waals surface area contributed by atoms with Crippen LogP contribution in [0.5, 0.6) is 0 Å². The van der Waals surface area contributed by atoms with E-state index >= 15 is 0 Å². The molecule has 1 aliphatic heterocycles. The number of hydrogen-bond donors (Lipinski definition) is 0. The van der Waals surface area contributed by atoms with Crippen molar-refractivity contribution in [1.29, 1.82) is 0 Å². The molecule has 4 rings (SSSR count). The Hall–Kier alpha value is -3.54. The zero-order valence-corrected chi connectivity index (χ0v) is 13.3. The molecule has 0 aliphatic carbocycles. The molecule has 0 fully saturated rings. The minimum atomic E-state index is -0.233. The Kier molecular flexibility index (Phi) is 3.50. The molecule has 3 aromatic rings. The number of fused-ring (bicyclic) bond motifs is 2. The first kappa shape index (κ1) is 15.0. The van der Waals surface area contributed by atoms with Gasteiger partial charge < -0.3 is 9.32 Å². The molecule has 0 N–H and O–H groups in total. The first-order chi connectivity index (χ1) is 12.2. The van der Waals surface area contributed by atoms with Gasteiger partial charge in [-0.3, -0.25) is 9.59 Å². The summed E-state index contributed by atoms with van der Waals surface area (Å²) in [5.41, 5.74) is 2.34. The smallest absolute Gasteiger partial charge is 0.279 e. The van der Waals surface area contributed by atoms with Gasteiger partial charge >= 0.3 is 0 Å². The molecular formula is C19H13N3O3. The highest BCUT2D eigenvalue weighted by Crippen LogP contribution is 2.27. The summed E-state index contributed by atoms with van der Waals surface area (Å²) in [5.74, 6) is -0.233. The fourth-order valence-electron chi connectivity index (χ4n) is 2.78. The molecule has 6 nitrogen and oxygen atoms in total. The van der Waals surface area contributed by atoms with E-state index in [1.807, 2.05) is 24.3 Å². The van der Waals surface area contributed by atoms with Crippen molar-refractivity contribution in [3.05, 3.63) is 76.1 Å². The van der Waals surface area contributed by atoms with Crippen molar-refractivity contribution >= 4 is 34.5 Å². The standard InChI is InChI=1S/C19H13N3O3/c1-22-15-8-4-2-6-13(15)17(19(22)24)21-20-10-12-11-25-16-9-5-3-7-14(16)18(12)23/h2-11H,1H3/b20-10+,21-17-. The molecule has 2 aromatic carbocycles. The van der Waals surface area contributed by atoms with Crippen LogP contribution in [-0.4, -0.2) is 24.9 Å². The van der Waals surface area contributed by atoms with E-state index in [-0.39, 0.29) is 22.6 Å². The van der Waals surface area contributed by atoms with Gasteiger partial charge in [0, 0.05) is 12.6 Å². The summed E-state index contributed by atoms with van der Waals surface area (Å²) in [5, 5.41) is 8.43. The number of rotatable bonds is 2. The number of hydrogen-bond acceptors (Lipinski definition) is 5. The van der Waals surface area contributed by atoms with E-state index in [1.165, 1.54) is 17.4 Å². The minimum Gasteiger partial charge on any atom is -0.463 e. The molecule has 1 aliphatic rings. The number of carbonyl (C=O) groups excluding carboxylic acids is 1. The normalized spacial score (nSPS) is 15.5. The van der Waals surface area contributed by atoms with Crippen molar-refractivity contribution in [3.63, 3.8) is 0 Å². The van der Waals surface area contributed by atoms with Crippen molar-refractivity contribution < 1.29 is 9.21 Å². The predicted octanol–water partition coefficient (Wildman–Crippen LogP) is 2.59. The van der Waals surface area contributed by atoms with Crippen molar-refractivity contribution in [3.8, 4) is 0 Å². The van der Waals surface area contributed by atoms with Crippen LogP contribution in [-0.2, 0) is 4.79 Å². The second-order valence-electron chi connectivity index (χ2n) is 5.59. The first-order valence-corrected chi connectivity index (χ1v) is 7.66. The molecule has 0 bridgehead atoms. The Balaban J connectivity index is 1.72. The molecule has 0 radical (unpaired) electrons. The monoisotopic (exact) mass is 331 g/mol. The van der Waals surface area contributed by atoms with Gasteiger partial charge in [-0.25, -0.2) is 0 Å². The lowest BCUT2D eigenvalue weighted by Gasteiger charge is -2.07. The zero-order chi connectivity index (χ0) is 17.4. The van der Waals surface area contributed by atoms with E-state index < -0.39 is 0 Å². The summed E-state index contributed by atoms with van der Waals surface area (Å²) >= 11 is 0. The Morgan fingerprint density at radius 1 is 1.04 bits per heavy atom. The van der Waals surface area contributed by atoms with E-state index in [0.29, 0.717) is 11.0 Å². The predicted molar refractivity (Wildman–Crippen MR) is 96.5 cm³/mol. The van der Waals surface area contributed by atoms with Crippen LogP contribution in [0.15, 0.2) is 74.2 Å². The second-order valence-corrected chi connectivity index (χ2v) is 5.59. The highest BCUT2D eigenvalue weighted by molar-refractivity contribution is 6.54. The molecule has 25 heavy (non-hydrogen) atoms. The molecule has 0 saturated carbocycles. The fourth-order valence-corrected chi connectivity index (χ4v) is 2.78. The average Bonchev–Trinajstić information content (AvgIpc) is 2.89. The number of nitrogens with zero attached hydrogens (tertiary/aromatic N) is 3. The fraction of sp³-hybridized carbons (Fsp3) is 0.0526. The second kappa shape index (κ2) is 5.83. The SMILES string of the molecule is CN1C(=O)/C(=N\N=C\c2coc3ccccc3c2=O)c2ccccc21. The summed E-state index contributed by atoms with van der Waals surface area (Å²) in [6, 6.07) is 14.3. The topological polar surface area (TPSA) is 75.2 Å². The largest absolute Gasteiger partial charge is 0.463 e. The molecule has 0 spiro atoms. The molecule has 0 atom stereocenters. The van der Waals surface area contributed by atoms with Gasteiger partial charge in [0.1, 0.15) is 11.8 Å². The van der Waals surface area contributed by atoms with Crippen LogP contribution in [0.1, 0.15) is 11.1 Å². The van der Waals surface area contributed by atoms with Crippen molar-refractivity contribution in [2.24, 2.45) is 10.2 Å². The molecule has 6 heteroatoms. The Morgan fingerprint density at radius 2 is 1.80 bits per heavy atom. The summed E-state index contributed by atoms with van der Waals surface area (Å²) in [7, 11) is 1.69. The molecular weight excluding hydrogens is 318 g/mol. The lowest BCUT2D eigenvalue weighted by molar-refractivity contribution is -0.111. The minimum absolute atomic E-state index is 0.193. The van der Waals surface area contributed by atoms with E-state index in [2.05, 4.69) is 10.2 Å². The lowest BCUT2D eigenvalue weighted by atomic mass is 10.1. The van der Waals surface area contributed by atoms with Gasteiger partial charge in [-0.2, -0.15) is 5.10 Å². The van der Waals surface area contributed by atoms with E-state index in [1.54, 1.807) is 31.3 Å². The highest BCUT2D eigenvalue weighted by atomic mass is 16.3. The summed E-state index contributed by atoms with van der Waals surface area (Å²) in [6.45, 7) is 0. The number of likely N-dealkylation sites (N-methyl/N-ethyl adjacent to an activating group) is 1. The summed E-state index contributed by atoms with van der Waals surface area (Å²) in [4.78, 5) is 26.2. The van der Waals surface area contributed by atoms with Gasteiger partial charge in [0.15, 0.2) is 5.71 Å². The maximum Gasteiger partial charge on any atom is 0.279 e. The summed E-state index contributed by atoms with van der Waals surface area (Å²) in [6.07, 6.45) is 2.64. The Morgan fingerprint density at radius 3 is 2.68 bits per heavy atom. The van der Waals surface area contributed by atoms with E-state index in [0.717, 1.165) is 11.3 Å². The van der Waals surface area contributed by atoms with Crippen LogP contribution >= 0.6 is 0 Å². The van der Waals surface area contributed by atoms with Crippen LogP contribution in [0.4, 0.5) is 5.69 Å². The average molecular weight is 331 g/mol. The lowest BCUT2D eigenvalue weighted by Crippen LogP contribution is -2.25. The van der Waals surface area contributed by atoms with Crippen LogP contribution in [0, 0.1) is 0 Å². The molecule has 1 amide bonds. The Bertz CT molecular complexity index is 1110. The van der Waals surface area contributed by atoms with Crippen molar-refractivity contribution in [1.82, 2.24) is 0 Å². The Labute approximate surface area is 142 Å². The van der Waals surface area contributed by atoms with Crippen LogP contribution in [0.2, 0.25) is 0 Å². The number of amides is 1. The quantitative estimate of drug-likeness (QED) is 0.535. The maximum absolute atomic E-state index is 12.4. The summed E-state index contributed by atoms with van der Waals surface area (Å²) < 4.78 is 5.43. The zero-order valence-electron chi connectivity index (χ0n) is 13.3. The van der Waals surface area contributed by atoms with Crippen LogP contribution < -0.4 is 10.3 Å². The third-order valence-corrected chi connectivity index (χ3v) is 4.09. The van der Waals surface area contributed by atoms with Gasteiger partial charge in [0.2, 0.25) is 5.43 Å².